The van der Waals surface area contributed by atoms with Gasteiger partial charge in [-0.05, 0) is 25.4 Å². The monoisotopic (exact) mass is 238 g/mol. The summed E-state index contributed by atoms with van der Waals surface area (Å²) >= 11 is 0. The molecule has 0 saturated carbocycles. The molecule has 1 aliphatic heterocycles. The van der Waals surface area contributed by atoms with Crippen molar-refractivity contribution in [2.24, 2.45) is 5.92 Å². The Morgan fingerprint density at radius 1 is 1.18 bits per heavy atom. The molecular formula is C11H18N4O2. The van der Waals surface area contributed by atoms with Gasteiger partial charge in [-0.25, -0.2) is 0 Å². The number of hydrogen-bond acceptors (Lipinski definition) is 6. The molecule has 1 aliphatic rings. The van der Waals surface area contributed by atoms with E-state index in [0.717, 1.165) is 25.3 Å². The van der Waals surface area contributed by atoms with Crippen LogP contribution in [0, 0.1) is 5.92 Å². The van der Waals surface area contributed by atoms with Gasteiger partial charge in [-0.3, -0.25) is 0 Å². The summed E-state index contributed by atoms with van der Waals surface area (Å²) in [6, 6.07) is 0.620. The average molecular weight is 238 g/mol. The van der Waals surface area contributed by atoms with Gasteiger partial charge < -0.3 is 14.8 Å². The van der Waals surface area contributed by atoms with Gasteiger partial charge in [0.1, 0.15) is 5.82 Å². The minimum absolute atomic E-state index is 0.274. The summed E-state index contributed by atoms with van der Waals surface area (Å²) in [5.74, 6) is 1.57. The predicted molar refractivity (Wildman–Crippen MR) is 62.3 cm³/mol. The van der Waals surface area contributed by atoms with Crippen LogP contribution in [0.1, 0.15) is 25.1 Å². The summed E-state index contributed by atoms with van der Waals surface area (Å²) in [4.78, 5) is 12.6. The van der Waals surface area contributed by atoms with Gasteiger partial charge in [-0.1, -0.05) is 6.92 Å². The highest BCUT2D eigenvalue weighted by Gasteiger charge is 2.25. The number of rotatable bonds is 4. The van der Waals surface area contributed by atoms with Crippen LogP contribution in [0.4, 0.5) is 0 Å². The maximum atomic E-state index is 5.05. The van der Waals surface area contributed by atoms with E-state index in [0.29, 0.717) is 17.9 Å². The average Bonchev–Trinajstić information content (AvgIpc) is 2.91. The Bertz CT molecular complexity index is 357. The molecule has 1 fully saturated rings. The molecule has 1 N–H and O–H groups in total. The third-order valence-electron chi connectivity index (χ3n) is 3.19. The highest BCUT2D eigenvalue weighted by molar-refractivity contribution is 5.09. The lowest BCUT2D eigenvalue weighted by molar-refractivity contribution is 0.329. The van der Waals surface area contributed by atoms with Crippen molar-refractivity contribution in [2.75, 3.05) is 27.3 Å². The molecule has 0 bridgehead atoms. The van der Waals surface area contributed by atoms with Crippen molar-refractivity contribution in [1.82, 2.24) is 20.3 Å². The van der Waals surface area contributed by atoms with Crippen LogP contribution in [0.5, 0.6) is 12.0 Å². The normalized spacial score (nSPS) is 21.2. The summed E-state index contributed by atoms with van der Waals surface area (Å²) < 4.78 is 10.1. The molecule has 1 aromatic heterocycles. The number of ether oxygens (including phenoxy) is 2. The van der Waals surface area contributed by atoms with Crippen LogP contribution in [0.3, 0.4) is 0 Å². The molecule has 2 unspecified atom stereocenters. The first-order chi connectivity index (χ1) is 8.24. The van der Waals surface area contributed by atoms with E-state index in [1.54, 1.807) is 14.2 Å². The fourth-order valence-corrected chi connectivity index (χ4v) is 2.05. The molecule has 0 radical (unpaired) electrons. The molecule has 0 aliphatic carbocycles. The molecule has 94 valence electrons. The molecule has 0 spiro atoms. The van der Waals surface area contributed by atoms with E-state index in [1.807, 2.05) is 0 Å². The second-order valence-corrected chi connectivity index (χ2v) is 4.21. The fourth-order valence-electron chi connectivity index (χ4n) is 2.05. The van der Waals surface area contributed by atoms with E-state index in [9.17, 15) is 0 Å². The molecule has 6 nitrogen and oxygen atoms in total. The van der Waals surface area contributed by atoms with E-state index < -0.39 is 0 Å². The zero-order valence-electron chi connectivity index (χ0n) is 10.4. The predicted octanol–water partition coefficient (Wildman–Crippen LogP) is 0.602. The van der Waals surface area contributed by atoms with Gasteiger partial charge in [0.15, 0.2) is 0 Å². The number of nitrogens with zero attached hydrogens (tertiary/aromatic N) is 3. The summed E-state index contributed by atoms with van der Waals surface area (Å²) in [5.41, 5.74) is 0. The molecule has 2 atom stereocenters. The molecule has 1 aromatic rings. The minimum atomic E-state index is 0.274. The van der Waals surface area contributed by atoms with Crippen molar-refractivity contribution in [2.45, 2.75) is 19.3 Å². The van der Waals surface area contributed by atoms with Crippen molar-refractivity contribution >= 4 is 0 Å². The van der Waals surface area contributed by atoms with Crippen LogP contribution in [0.2, 0.25) is 0 Å². The van der Waals surface area contributed by atoms with Crippen molar-refractivity contribution in [3.05, 3.63) is 5.82 Å². The summed E-state index contributed by atoms with van der Waals surface area (Å²) in [6.45, 7) is 4.21. The molecular weight excluding hydrogens is 220 g/mol. The Morgan fingerprint density at radius 3 is 2.29 bits per heavy atom. The summed E-state index contributed by atoms with van der Waals surface area (Å²) in [7, 11) is 3.08. The third-order valence-corrected chi connectivity index (χ3v) is 3.19. The zero-order valence-corrected chi connectivity index (χ0v) is 10.4. The van der Waals surface area contributed by atoms with Crippen molar-refractivity contribution in [3.8, 4) is 12.0 Å². The van der Waals surface area contributed by atoms with E-state index >= 15 is 0 Å². The molecule has 2 rings (SSSR count). The van der Waals surface area contributed by atoms with Crippen LogP contribution in [-0.4, -0.2) is 42.3 Å². The second kappa shape index (κ2) is 5.27. The van der Waals surface area contributed by atoms with E-state index in [4.69, 9.17) is 9.47 Å². The van der Waals surface area contributed by atoms with Crippen molar-refractivity contribution in [3.63, 3.8) is 0 Å². The Kier molecular flexibility index (Phi) is 3.73. The van der Waals surface area contributed by atoms with Gasteiger partial charge in [0.2, 0.25) is 0 Å². The van der Waals surface area contributed by atoms with Crippen LogP contribution < -0.4 is 14.8 Å². The molecule has 17 heavy (non-hydrogen) atoms. The van der Waals surface area contributed by atoms with Crippen molar-refractivity contribution < 1.29 is 9.47 Å². The van der Waals surface area contributed by atoms with E-state index in [1.165, 1.54) is 0 Å². The lowest BCUT2D eigenvalue weighted by Crippen LogP contribution is -2.17. The van der Waals surface area contributed by atoms with Gasteiger partial charge in [-0.15, -0.1) is 4.98 Å². The maximum Gasteiger partial charge on any atom is 0.322 e. The minimum Gasteiger partial charge on any atom is -0.467 e. The van der Waals surface area contributed by atoms with Gasteiger partial charge in [0, 0.05) is 5.92 Å². The standard InChI is InChI=1S/C11H18N4O2/c1-7(8-4-5-12-6-8)9-13-10(16-2)15-11(14-9)17-3/h7-8,12H,4-6H2,1-3H3. The van der Waals surface area contributed by atoms with Gasteiger partial charge in [0.05, 0.1) is 14.2 Å². The topological polar surface area (TPSA) is 69.2 Å². The SMILES string of the molecule is COc1nc(OC)nc(C(C)C2CCNC2)n1. The quantitative estimate of drug-likeness (QED) is 0.828. The first-order valence-electron chi connectivity index (χ1n) is 5.79. The zero-order chi connectivity index (χ0) is 12.3. The van der Waals surface area contributed by atoms with Gasteiger partial charge in [0.25, 0.3) is 0 Å². The molecule has 1 saturated heterocycles. The second-order valence-electron chi connectivity index (χ2n) is 4.21. The summed E-state index contributed by atoms with van der Waals surface area (Å²) in [6.07, 6.45) is 1.15. The Hall–Kier alpha value is -1.43. The number of nitrogens with one attached hydrogen (secondary N) is 1. The van der Waals surface area contributed by atoms with Gasteiger partial charge in [-0.2, -0.15) is 9.97 Å². The Morgan fingerprint density at radius 2 is 1.82 bits per heavy atom. The Labute approximate surface area is 101 Å². The lowest BCUT2D eigenvalue weighted by Gasteiger charge is -2.17. The lowest BCUT2D eigenvalue weighted by atomic mass is 9.93. The van der Waals surface area contributed by atoms with Crippen LogP contribution in [0.15, 0.2) is 0 Å². The molecule has 0 aromatic carbocycles. The number of aromatic nitrogens is 3. The molecule has 0 amide bonds. The van der Waals surface area contributed by atoms with Gasteiger partial charge >= 0.3 is 12.0 Å². The van der Waals surface area contributed by atoms with Crippen molar-refractivity contribution in [1.29, 1.82) is 0 Å². The van der Waals surface area contributed by atoms with E-state index in [2.05, 4.69) is 27.2 Å². The number of hydrogen-bond donors (Lipinski definition) is 1. The van der Waals surface area contributed by atoms with Crippen LogP contribution in [0.25, 0.3) is 0 Å². The fraction of sp³-hybridized carbons (Fsp3) is 0.727. The maximum absolute atomic E-state index is 5.05. The van der Waals surface area contributed by atoms with E-state index in [-0.39, 0.29) is 5.92 Å². The van der Waals surface area contributed by atoms with Crippen LogP contribution >= 0.6 is 0 Å². The first-order valence-corrected chi connectivity index (χ1v) is 5.79. The molecule has 6 heteroatoms. The third kappa shape index (κ3) is 2.63. The van der Waals surface area contributed by atoms with Crippen LogP contribution in [-0.2, 0) is 0 Å². The first kappa shape index (κ1) is 12.0. The largest absolute Gasteiger partial charge is 0.467 e. The smallest absolute Gasteiger partial charge is 0.322 e. The summed E-state index contributed by atoms with van der Waals surface area (Å²) in [5, 5.41) is 3.35. The highest BCUT2D eigenvalue weighted by atomic mass is 16.5. The molecule has 2 heterocycles. The number of methoxy groups -OCH3 is 2. The Balaban J connectivity index is 2.23. The highest BCUT2D eigenvalue weighted by Crippen LogP contribution is 2.27.